The summed E-state index contributed by atoms with van der Waals surface area (Å²) >= 11 is 0. The molecule has 0 spiro atoms. The van der Waals surface area contributed by atoms with Crippen molar-refractivity contribution in [3.05, 3.63) is 35.1 Å². The molecule has 84 valence electrons. The molecule has 4 nitrogen and oxygen atoms in total. The number of aliphatic hydroxyl groups is 1. The quantitative estimate of drug-likeness (QED) is 0.799. The summed E-state index contributed by atoms with van der Waals surface area (Å²) in [5.41, 5.74) is 1.48. The molecule has 0 heterocycles. The predicted molar refractivity (Wildman–Crippen MR) is 58.5 cm³/mol. The maximum atomic E-state index is 11.0. The second-order valence-electron chi connectivity index (χ2n) is 3.65. The molecule has 0 saturated carbocycles. The van der Waals surface area contributed by atoms with Gasteiger partial charge in [0.25, 0.3) is 0 Å². The zero-order valence-electron chi connectivity index (χ0n) is 8.86. The first-order valence-electron chi connectivity index (χ1n) is 4.96. The normalized spacial score (nSPS) is 14.6. The molecule has 0 radical (unpaired) electrons. The maximum Gasteiger partial charge on any atom is 0.339 e. The minimum absolute atomic E-state index is 0.00361. The lowest BCUT2D eigenvalue weighted by Gasteiger charge is -2.18. The zero-order chi connectivity index (χ0) is 11.7. The van der Waals surface area contributed by atoms with Crippen molar-refractivity contribution in [3.8, 4) is 5.75 Å². The van der Waals surface area contributed by atoms with E-state index in [1.807, 2.05) is 6.07 Å². The number of hydrogen-bond acceptors (Lipinski definition) is 3. The van der Waals surface area contributed by atoms with Gasteiger partial charge >= 0.3 is 5.97 Å². The van der Waals surface area contributed by atoms with Gasteiger partial charge in [-0.2, -0.15) is 0 Å². The van der Waals surface area contributed by atoms with Crippen LogP contribution in [0.1, 0.15) is 17.5 Å². The number of carbonyl (C=O) groups is 1. The number of benzene rings is 1. The lowest BCUT2D eigenvalue weighted by Crippen LogP contribution is -2.11. The minimum atomic E-state index is -1.09. The van der Waals surface area contributed by atoms with E-state index in [4.69, 9.17) is 9.84 Å². The fraction of sp³-hybridized carbons (Fsp3) is 0.250. The number of fused-ring (bicyclic) bond motifs is 1. The van der Waals surface area contributed by atoms with E-state index in [1.54, 1.807) is 19.2 Å². The summed E-state index contributed by atoms with van der Waals surface area (Å²) in [6.45, 7) is 0. The summed E-state index contributed by atoms with van der Waals surface area (Å²) in [5.74, 6) is -0.446. The van der Waals surface area contributed by atoms with Crippen LogP contribution in [0.2, 0.25) is 0 Å². The van der Waals surface area contributed by atoms with Crippen molar-refractivity contribution >= 4 is 11.5 Å². The van der Waals surface area contributed by atoms with Crippen molar-refractivity contribution in [1.29, 1.82) is 0 Å². The number of rotatable bonds is 2. The molecule has 0 fully saturated rings. The van der Waals surface area contributed by atoms with Crippen LogP contribution >= 0.6 is 0 Å². The molecule has 2 N–H and O–H groups in total. The highest BCUT2D eigenvalue weighted by molar-refractivity contribution is 6.16. The first kappa shape index (κ1) is 10.5. The Kier molecular flexibility index (Phi) is 2.56. The molecule has 0 aromatic heterocycles. The Bertz CT molecular complexity index is 474. The molecule has 0 aliphatic heterocycles. The highest BCUT2D eigenvalue weighted by Crippen LogP contribution is 2.32. The third-order valence-electron chi connectivity index (χ3n) is 2.72. The Morgan fingerprint density at radius 1 is 1.38 bits per heavy atom. The lowest BCUT2D eigenvalue weighted by atomic mass is 9.89. The van der Waals surface area contributed by atoms with E-state index in [9.17, 15) is 9.90 Å². The monoisotopic (exact) mass is 220 g/mol. The van der Waals surface area contributed by atoms with Crippen molar-refractivity contribution in [3.63, 3.8) is 0 Å². The number of aryl methyl sites for hydroxylation is 1. The van der Waals surface area contributed by atoms with Crippen molar-refractivity contribution in [1.82, 2.24) is 0 Å². The standard InChI is InChI=1S/C12H12O4/c1-16-8-3-4-9-7(6-8)2-5-10(13)11(9)12(14)15/h3-4,6,13H,2,5H2,1H3,(H,14,15). The van der Waals surface area contributed by atoms with Crippen LogP contribution < -0.4 is 4.74 Å². The molecule has 0 amide bonds. The second-order valence-corrected chi connectivity index (χ2v) is 3.65. The number of methoxy groups -OCH3 is 1. The van der Waals surface area contributed by atoms with Crippen LogP contribution in [-0.4, -0.2) is 23.3 Å². The zero-order valence-corrected chi connectivity index (χ0v) is 8.86. The van der Waals surface area contributed by atoms with Crippen LogP contribution in [0.15, 0.2) is 24.0 Å². The Morgan fingerprint density at radius 2 is 2.12 bits per heavy atom. The third-order valence-corrected chi connectivity index (χ3v) is 2.72. The fourth-order valence-corrected chi connectivity index (χ4v) is 1.92. The van der Waals surface area contributed by atoms with Gasteiger partial charge in [-0.15, -0.1) is 0 Å². The summed E-state index contributed by atoms with van der Waals surface area (Å²) in [6.07, 6.45) is 0.997. The van der Waals surface area contributed by atoms with Gasteiger partial charge in [0.1, 0.15) is 17.1 Å². The van der Waals surface area contributed by atoms with Crippen molar-refractivity contribution < 1.29 is 19.7 Å². The molecule has 0 atom stereocenters. The summed E-state index contributed by atoms with van der Waals surface area (Å²) in [6, 6.07) is 5.18. The SMILES string of the molecule is COc1ccc2c(c1)CCC(O)=C2C(=O)O. The van der Waals surface area contributed by atoms with Crippen LogP contribution in [0.25, 0.3) is 5.57 Å². The second kappa shape index (κ2) is 3.89. The molecule has 1 aromatic rings. The van der Waals surface area contributed by atoms with Crippen LogP contribution in [-0.2, 0) is 11.2 Å². The van der Waals surface area contributed by atoms with Gasteiger partial charge in [-0.1, -0.05) is 6.07 Å². The van der Waals surface area contributed by atoms with Gasteiger partial charge in [-0.05, 0) is 29.7 Å². The van der Waals surface area contributed by atoms with Gasteiger partial charge in [0.2, 0.25) is 0 Å². The Labute approximate surface area is 92.8 Å². The van der Waals surface area contributed by atoms with E-state index in [1.165, 1.54) is 0 Å². The molecule has 1 aliphatic rings. The Morgan fingerprint density at radius 3 is 2.75 bits per heavy atom. The summed E-state index contributed by atoms with van der Waals surface area (Å²) in [4.78, 5) is 11.0. The molecule has 4 heteroatoms. The van der Waals surface area contributed by atoms with Gasteiger partial charge in [-0.3, -0.25) is 0 Å². The van der Waals surface area contributed by atoms with Crippen molar-refractivity contribution in [2.24, 2.45) is 0 Å². The number of carboxylic acid groups (broad SMARTS) is 1. The van der Waals surface area contributed by atoms with E-state index in [0.717, 1.165) is 5.56 Å². The minimum Gasteiger partial charge on any atom is -0.511 e. The molecule has 2 rings (SSSR count). The van der Waals surface area contributed by atoms with Crippen molar-refractivity contribution in [2.75, 3.05) is 7.11 Å². The van der Waals surface area contributed by atoms with Crippen LogP contribution in [0.3, 0.4) is 0 Å². The molecule has 0 saturated heterocycles. The first-order chi connectivity index (χ1) is 7.63. The van der Waals surface area contributed by atoms with E-state index >= 15 is 0 Å². The fourth-order valence-electron chi connectivity index (χ4n) is 1.92. The number of carboxylic acids is 1. The van der Waals surface area contributed by atoms with E-state index in [2.05, 4.69) is 0 Å². The van der Waals surface area contributed by atoms with E-state index in [-0.39, 0.29) is 11.3 Å². The number of aliphatic hydroxyl groups excluding tert-OH is 1. The van der Waals surface area contributed by atoms with Gasteiger partial charge in [0.05, 0.1) is 7.11 Å². The number of ether oxygens (including phenoxy) is 1. The molecular formula is C12H12O4. The third kappa shape index (κ3) is 1.62. The highest BCUT2D eigenvalue weighted by Gasteiger charge is 2.24. The molecule has 0 unspecified atom stereocenters. The lowest BCUT2D eigenvalue weighted by molar-refractivity contribution is -0.130. The average molecular weight is 220 g/mol. The topological polar surface area (TPSA) is 66.8 Å². The van der Waals surface area contributed by atoms with Crippen LogP contribution in [0.5, 0.6) is 5.75 Å². The molecule has 16 heavy (non-hydrogen) atoms. The number of aliphatic carboxylic acids is 1. The molecule has 0 bridgehead atoms. The van der Waals surface area contributed by atoms with Gasteiger partial charge < -0.3 is 14.9 Å². The van der Waals surface area contributed by atoms with E-state index < -0.39 is 5.97 Å². The Balaban J connectivity index is 2.56. The Hall–Kier alpha value is -1.97. The van der Waals surface area contributed by atoms with Crippen molar-refractivity contribution in [2.45, 2.75) is 12.8 Å². The van der Waals surface area contributed by atoms with Crippen LogP contribution in [0.4, 0.5) is 0 Å². The van der Waals surface area contributed by atoms with E-state index in [0.29, 0.717) is 24.2 Å². The average Bonchev–Trinajstić information content (AvgIpc) is 2.27. The first-order valence-corrected chi connectivity index (χ1v) is 4.96. The van der Waals surface area contributed by atoms with Crippen LogP contribution in [0, 0.1) is 0 Å². The largest absolute Gasteiger partial charge is 0.511 e. The summed E-state index contributed by atoms with van der Waals surface area (Å²) < 4.78 is 5.08. The summed E-state index contributed by atoms with van der Waals surface area (Å²) in [7, 11) is 1.57. The smallest absolute Gasteiger partial charge is 0.339 e. The number of hydrogen-bond donors (Lipinski definition) is 2. The predicted octanol–water partition coefficient (Wildman–Crippen LogP) is 2.00. The summed E-state index contributed by atoms with van der Waals surface area (Å²) in [5, 5.41) is 18.6. The maximum absolute atomic E-state index is 11.0. The van der Waals surface area contributed by atoms with Gasteiger partial charge in [0.15, 0.2) is 0 Å². The molecular weight excluding hydrogens is 208 g/mol. The number of allylic oxidation sites excluding steroid dienone is 1. The molecule has 1 aliphatic carbocycles. The van der Waals surface area contributed by atoms with Gasteiger partial charge in [0, 0.05) is 6.42 Å². The van der Waals surface area contributed by atoms with Gasteiger partial charge in [-0.25, -0.2) is 4.79 Å². The molecule has 1 aromatic carbocycles. The highest BCUT2D eigenvalue weighted by atomic mass is 16.5.